The molecule has 1 aromatic carbocycles. The summed E-state index contributed by atoms with van der Waals surface area (Å²) in [5.41, 5.74) is 1.38. The minimum Gasteiger partial charge on any atom is -0.349 e. The topological polar surface area (TPSA) is 66.9 Å². The second-order valence-corrected chi connectivity index (χ2v) is 6.56. The molecule has 0 atom stereocenters. The lowest BCUT2D eigenvalue weighted by molar-refractivity contribution is 0.0927. The van der Waals surface area contributed by atoms with Gasteiger partial charge in [-0.05, 0) is 40.9 Å². The van der Waals surface area contributed by atoms with Crippen molar-refractivity contribution in [1.82, 2.24) is 15.3 Å². The fraction of sp³-hybridized carbons (Fsp3) is 0.353. The van der Waals surface area contributed by atoms with Crippen molar-refractivity contribution in [2.45, 2.75) is 38.1 Å². The summed E-state index contributed by atoms with van der Waals surface area (Å²) in [5.74, 6) is 0.371. The first-order valence-corrected chi connectivity index (χ1v) is 8.66. The highest BCUT2D eigenvalue weighted by Gasteiger charge is 2.17. The van der Waals surface area contributed by atoms with Crippen molar-refractivity contribution in [1.29, 1.82) is 0 Å². The maximum atomic E-state index is 12.2. The molecule has 1 aromatic heterocycles. The zero-order valence-corrected chi connectivity index (χ0v) is 14.3. The second kappa shape index (κ2) is 7.55. The number of benzene rings is 1. The van der Waals surface area contributed by atoms with E-state index < -0.39 is 0 Å². The first kappa shape index (κ1) is 15.9. The van der Waals surface area contributed by atoms with Gasteiger partial charge in [0.1, 0.15) is 0 Å². The molecule has 0 bridgehead atoms. The summed E-state index contributed by atoms with van der Waals surface area (Å²) < 4.78 is 0.933. The van der Waals surface area contributed by atoms with Crippen molar-refractivity contribution >= 4 is 33.5 Å². The van der Waals surface area contributed by atoms with Crippen molar-refractivity contribution < 1.29 is 4.79 Å². The van der Waals surface area contributed by atoms with Crippen LogP contribution in [0, 0.1) is 0 Å². The van der Waals surface area contributed by atoms with E-state index in [9.17, 15) is 4.79 Å². The number of carbonyl (C=O) groups is 1. The summed E-state index contributed by atoms with van der Waals surface area (Å²) in [4.78, 5) is 20.7. The van der Waals surface area contributed by atoms with E-state index in [1.807, 2.05) is 24.3 Å². The number of carbonyl (C=O) groups excluding carboxylic acids is 1. The molecule has 1 fully saturated rings. The summed E-state index contributed by atoms with van der Waals surface area (Å²) in [7, 11) is 0. The molecule has 2 aromatic rings. The Morgan fingerprint density at radius 3 is 2.48 bits per heavy atom. The molecule has 1 heterocycles. The number of amides is 1. The van der Waals surface area contributed by atoms with Crippen LogP contribution < -0.4 is 10.6 Å². The van der Waals surface area contributed by atoms with Crippen LogP contribution in [0.25, 0.3) is 0 Å². The van der Waals surface area contributed by atoms with E-state index >= 15 is 0 Å². The summed E-state index contributed by atoms with van der Waals surface area (Å²) in [5, 5.41) is 6.19. The third-order valence-corrected chi connectivity index (χ3v) is 4.67. The van der Waals surface area contributed by atoms with Crippen molar-refractivity contribution in [3.05, 3.63) is 46.7 Å². The highest BCUT2D eigenvalue weighted by molar-refractivity contribution is 9.10. The van der Waals surface area contributed by atoms with Crippen LogP contribution in [-0.4, -0.2) is 21.9 Å². The van der Waals surface area contributed by atoms with Crippen LogP contribution in [0.5, 0.6) is 0 Å². The quantitative estimate of drug-likeness (QED) is 0.846. The van der Waals surface area contributed by atoms with Gasteiger partial charge in [-0.3, -0.25) is 4.79 Å². The monoisotopic (exact) mass is 374 g/mol. The van der Waals surface area contributed by atoms with Gasteiger partial charge in [0.15, 0.2) is 0 Å². The molecule has 6 heteroatoms. The first-order chi connectivity index (χ1) is 11.2. The first-order valence-electron chi connectivity index (χ1n) is 7.87. The van der Waals surface area contributed by atoms with Crippen LogP contribution in [0.2, 0.25) is 0 Å². The number of nitrogens with one attached hydrogen (secondary N) is 2. The fourth-order valence-corrected chi connectivity index (χ4v) is 3.09. The van der Waals surface area contributed by atoms with Gasteiger partial charge in [-0.25, -0.2) is 9.97 Å². The van der Waals surface area contributed by atoms with Crippen molar-refractivity contribution in [2.75, 3.05) is 5.32 Å². The number of halogens is 1. The van der Waals surface area contributed by atoms with E-state index in [0.717, 1.165) is 23.0 Å². The van der Waals surface area contributed by atoms with Gasteiger partial charge in [-0.15, -0.1) is 0 Å². The summed E-state index contributed by atoms with van der Waals surface area (Å²) in [6.45, 7) is 0. The summed E-state index contributed by atoms with van der Waals surface area (Å²) in [6.07, 6.45) is 8.90. The molecule has 1 saturated carbocycles. The van der Waals surface area contributed by atoms with Gasteiger partial charge in [0.2, 0.25) is 5.95 Å². The van der Waals surface area contributed by atoms with E-state index in [2.05, 4.69) is 36.5 Å². The second-order valence-electron chi connectivity index (χ2n) is 5.71. The van der Waals surface area contributed by atoms with Crippen LogP contribution in [0.4, 0.5) is 11.6 Å². The molecule has 0 radical (unpaired) electrons. The third-order valence-electron chi connectivity index (χ3n) is 3.97. The molecule has 0 unspecified atom stereocenters. The Morgan fingerprint density at radius 1 is 1.09 bits per heavy atom. The maximum Gasteiger partial charge on any atom is 0.254 e. The molecule has 2 N–H and O–H groups in total. The number of hydrogen-bond acceptors (Lipinski definition) is 4. The third kappa shape index (κ3) is 4.28. The number of hydrogen-bond donors (Lipinski definition) is 2. The van der Waals surface area contributed by atoms with E-state index in [0.29, 0.717) is 11.5 Å². The predicted octanol–water partition coefficient (Wildman–Crippen LogP) is 4.05. The highest BCUT2D eigenvalue weighted by atomic mass is 79.9. The molecular formula is C17H19BrN4O. The van der Waals surface area contributed by atoms with Crippen molar-refractivity contribution in [3.8, 4) is 0 Å². The largest absolute Gasteiger partial charge is 0.349 e. The standard InChI is InChI=1S/C17H19BrN4O/c18-14-8-4-5-9-15(14)22-17-19-10-12(11-20-17)16(23)21-13-6-2-1-3-7-13/h4-5,8-11,13H,1-3,6-7H2,(H,21,23)(H,19,20,22). The minimum atomic E-state index is -0.0932. The molecule has 5 nitrogen and oxygen atoms in total. The van der Waals surface area contributed by atoms with Gasteiger partial charge in [0.05, 0.1) is 11.3 Å². The average Bonchev–Trinajstić information content (AvgIpc) is 2.58. The van der Waals surface area contributed by atoms with Crippen LogP contribution in [0.15, 0.2) is 41.1 Å². The predicted molar refractivity (Wildman–Crippen MR) is 93.8 cm³/mol. The summed E-state index contributed by atoms with van der Waals surface area (Å²) in [6, 6.07) is 8.02. The average molecular weight is 375 g/mol. The van der Waals surface area contributed by atoms with Gasteiger partial charge >= 0.3 is 0 Å². The van der Waals surface area contributed by atoms with Crippen LogP contribution in [-0.2, 0) is 0 Å². The zero-order valence-electron chi connectivity index (χ0n) is 12.8. The van der Waals surface area contributed by atoms with Crippen molar-refractivity contribution in [3.63, 3.8) is 0 Å². The van der Waals surface area contributed by atoms with Crippen LogP contribution >= 0.6 is 15.9 Å². The van der Waals surface area contributed by atoms with Gasteiger partial charge in [0.25, 0.3) is 5.91 Å². The molecule has 3 rings (SSSR count). The molecule has 0 aliphatic heterocycles. The van der Waals surface area contributed by atoms with E-state index in [1.165, 1.54) is 19.3 Å². The Labute approximate surface area is 144 Å². The van der Waals surface area contributed by atoms with E-state index in [-0.39, 0.29) is 11.9 Å². The van der Waals surface area contributed by atoms with Crippen LogP contribution in [0.3, 0.4) is 0 Å². The highest BCUT2D eigenvalue weighted by Crippen LogP contribution is 2.23. The minimum absolute atomic E-state index is 0.0932. The molecule has 1 amide bonds. The van der Waals surface area contributed by atoms with Gasteiger partial charge in [-0.1, -0.05) is 31.4 Å². The number of aromatic nitrogens is 2. The van der Waals surface area contributed by atoms with Crippen LogP contribution in [0.1, 0.15) is 42.5 Å². The lowest BCUT2D eigenvalue weighted by Crippen LogP contribution is -2.36. The number of rotatable bonds is 4. The molecular weight excluding hydrogens is 356 g/mol. The van der Waals surface area contributed by atoms with Gasteiger partial charge in [-0.2, -0.15) is 0 Å². The Bertz CT molecular complexity index is 669. The fourth-order valence-electron chi connectivity index (χ4n) is 2.71. The van der Waals surface area contributed by atoms with E-state index in [4.69, 9.17) is 0 Å². The molecule has 1 aliphatic carbocycles. The lowest BCUT2D eigenvalue weighted by Gasteiger charge is -2.22. The molecule has 1 aliphatic rings. The maximum absolute atomic E-state index is 12.2. The summed E-state index contributed by atoms with van der Waals surface area (Å²) >= 11 is 3.46. The molecule has 23 heavy (non-hydrogen) atoms. The number of anilines is 2. The Kier molecular flexibility index (Phi) is 5.23. The van der Waals surface area contributed by atoms with Gasteiger partial charge < -0.3 is 10.6 Å². The van der Waals surface area contributed by atoms with E-state index in [1.54, 1.807) is 12.4 Å². The Morgan fingerprint density at radius 2 is 1.78 bits per heavy atom. The Hall–Kier alpha value is -1.95. The normalized spacial score (nSPS) is 15.2. The molecule has 120 valence electrons. The number of para-hydroxylation sites is 1. The zero-order chi connectivity index (χ0) is 16.1. The SMILES string of the molecule is O=C(NC1CCCCC1)c1cnc(Nc2ccccc2Br)nc1. The molecule has 0 spiro atoms. The van der Waals surface area contributed by atoms with Crippen molar-refractivity contribution in [2.24, 2.45) is 0 Å². The number of nitrogens with zero attached hydrogens (tertiary/aromatic N) is 2. The smallest absolute Gasteiger partial charge is 0.254 e. The lowest BCUT2D eigenvalue weighted by atomic mass is 9.95. The Balaban J connectivity index is 1.62. The molecule has 0 saturated heterocycles. The van der Waals surface area contributed by atoms with Gasteiger partial charge in [0, 0.05) is 22.9 Å².